The van der Waals surface area contributed by atoms with Crippen LogP contribution in [0.4, 0.5) is 0 Å². The Balaban J connectivity index is 0.000000308. The van der Waals surface area contributed by atoms with Gasteiger partial charge in [0.2, 0.25) is 0 Å². The summed E-state index contributed by atoms with van der Waals surface area (Å²) >= 11 is 0. The molecule has 0 radical (unpaired) electrons. The zero-order chi connectivity index (χ0) is 21.9. The quantitative estimate of drug-likeness (QED) is 0.262. The van der Waals surface area contributed by atoms with Crippen LogP contribution >= 0.6 is 0 Å². The SMILES string of the molecule is C1CCC(NC2CCCCC2)CC1.CCCCCCCCCCCC(O)CC(=O)O. The van der Waals surface area contributed by atoms with E-state index < -0.39 is 12.1 Å². The Labute approximate surface area is 186 Å². The zero-order valence-corrected chi connectivity index (χ0v) is 19.9. The first-order valence-corrected chi connectivity index (χ1v) is 13.3. The molecule has 0 spiro atoms. The van der Waals surface area contributed by atoms with Crippen LogP contribution in [0.3, 0.4) is 0 Å². The summed E-state index contributed by atoms with van der Waals surface area (Å²) in [5.74, 6) is -0.909. The van der Waals surface area contributed by atoms with Crippen molar-refractivity contribution >= 4 is 5.97 Å². The Morgan fingerprint density at radius 2 is 1.20 bits per heavy atom. The number of aliphatic carboxylic acids is 1. The topological polar surface area (TPSA) is 69.6 Å². The van der Waals surface area contributed by atoms with Gasteiger partial charge < -0.3 is 15.5 Å². The van der Waals surface area contributed by atoms with Crippen molar-refractivity contribution in [3.05, 3.63) is 0 Å². The summed E-state index contributed by atoms with van der Waals surface area (Å²) in [5.41, 5.74) is 0. The molecule has 1 atom stereocenters. The first-order chi connectivity index (χ1) is 14.6. The van der Waals surface area contributed by atoms with Gasteiger partial charge in [-0.2, -0.15) is 0 Å². The number of hydrogen-bond acceptors (Lipinski definition) is 3. The number of carboxylic acids is 1. The van der Waals surface area contributed by atoms with Crippen molar-refractivity contribution in [3.63, 3.8) is 0 Å². The Hall–Kier alpha value is -0.610. The van der Waals surface area contributed by atoms with Crippen LogP contribution in [0.2, 0.25) is 0 Å². The average molecular weight is 426 g/mol. The summed E-state index contributed by atoms with van der Waals surface area (Å²) in [6.07, 6.45) is 25.6. The fourth-order valence-electron chi connectivity index (χ4n) is 4.87. The molecule has 0 saturated heterocycles. The zero-order valence-electron chi connectivity index (χ0n) is 19.9. The fourth-order valence-corrected chi connectivity index (χ4v) is 4.87. The van der Waals surface area contributed by atoms with Gasteiger partial charge in [-0.15, -0.1) is 0 Å². The third kappa shape index (κ3) is 16.1. The largest absolute Gasteiger partial charge is 0.481 e. The molecular weight excluding hydrogens is 374 g/mol. The van der Waals surface area contributed by atoms with Gasteiger partial charge in [-0.05, 0) is 32.1 Å². The highest BCUT2D eigenvalue weighted by atomic mass is 16.4. The second kappa shape index (κ2) is 19.1. The van der Waals surface area contributed by atoms with Crippen LogP contribution in [0.25, 0.3) is 0 Å². The molecule has 0 bridgehead atoms. The van der Waals surface area contributed by atoms with Gasteiger partial charge in [0.1, 0.15) is 0 Å². The predicted molar refractivity (Wildman–Crippen MR) is 127 cm³/mol. The second-order valence-electron chi connectivity index (χ2n) is 9.71. The number of unbranched alkanes of at least 4 members (excludes halogenated alkanes) is 8. The van der Waals surface area contributed by atoms with Gasteiger partial charge in [-0.3, -0.25) is 4.79 Å². The Morgan fingerprint density at radius 3 is 1.63 bits per heavy atom. The van der Waals surface area contributed by atoms with Crippen molar-refractivity contribution in [3.8, 4) is 0 Å². The van der Waals surface area contributed by atoms with Gasteiger partial charge in [-0.1, -0.05) is 103 Å². The second-order valence-corrected chi connectivity index (χ2v) is 9.71. The van der Waals surface area contributed by atoms with E-state index >= 15 is 0 Å². The molecule has 2 fully saturated rings. The van der Waals surface area contributed by atoms with E-state index in [0.29, 0.717) is 6.42 Å². The number of nitrogens with one attached hydrogen (secondary N) is 1. The summed E-state index contributed by atoms with van der Waals surface area (Å²) in [6, 6.07) is 1.74. The van der Waals surface area contributed by atoms with Crippen LogP contribution in [-0.4, -0.2) is 34.4 Å². The smallest absolute Gasteiger partial charge is 0.305 e. The third-order valence-corrected chi connectivity index (χ3v) is 6.73. The molecule has 2 rings (SSSR count). The Morgan fingerprint density at radius 1 is 0.767 bits per heavy atom. The van der Waals surface area contributed by atoms with Gasteiger partial charge in [0.15, 0.2) is 0 Å². The first kappa shape index (κ1) is 27.4. The number of aliphatic hydroxyl groups excluding tert-OH is 1. The lowest BCUT2D eigenvalue weighted by molar-refractivity contribution is -0.139. The molecule has 2 aliphatic carbocycles. The molecule has 30 heavy (non-hydrogen) atoms. The van der Waals surface area contributed by atoms with Crippen LogP contribution in [-0.2, 0) is 4.79 Å². The first-order valence-electron chi connectivity index (χ1n) is 13.3. The van der Waals surface area contributed by atoms with Gasteiger partial charge in [0.05, 0.1) is 12.5 Å². The van der Waals surface area contributed by atoms with Crippen LogP contribution in [0.5, 0.6) is 0 Å². The van der Waals surface area contributed by atoms with Crippen LogP contribution in [0, 0.1) is 0 Å². The summed E-state index contributed by atoms with van der Waals surface area (Å²) in [5, 5.41) is 21.7. The minimum atomic E-state index is -0.909. The Bertz CT molecular complexity index is 374. The monoisotopic (exact) mass is 425 g/mol. The summed E-state index contributed by atoms with van der Waals surface area (Å²) in [7, 11) is 0. The number of carbonyl (C=O) groups is 1. The van der Waals surface area contributed by atoms with Crippen molar-refractivity contribution in [2.24, 2.45) is 0 Å². The molecule has 4 nitrogen and oxygen atoms in total. The maximum Gasteiger partial charge on any atom is 0.305 e. The van der Waals surface area contributed by atoms with Crippen molar-refractivity contribution in [1.29, 1.82) is 0 Å². The molecule has 178 valence electrons. The van der Waals surface area contributed by atoms with E-state index in [1.807, 2.05) is 0 Å². The molecule has 1 unspecified atom stereocenters. The number of aliphatic hydroxyl groups is 1. The molecule has 3 N–H and O–H groups in total. The number of rotatable bonds is 14. The van der Waals surface area contributed by atoms with E-state index in [-0.39, 0.29) is 6.42 Å². The van der Waals surface area contributed by atoms with Crippen molar-refractivity contribution in [2.45, 2.75) is 160 Å². The molecule has 0 heterocycles. The van der Waals surface area contributed by atoms with Crippen molar-refractivity contribution < 1.29 is 15.0 Å². The van der Waals surface area contributed by atoms with Crippen molar-refractivity contribution in [2.75, 3.05) is 0 Å². The van der Waals surface area contributed by atoms with Crippen LogP contribution in [0.15, 0.2) is 0 Å². The summed E-state index contributed by atoms with van der Waals surface area (Å²) < 4.78 is 0. The van der Waals surface area contributed by atoms with Gasteiger partial charge >= 0.3 is 5.97 Å². The lowest BCUT2D eigenvalue weighted by Crippen LogP contribution is -2.40. The van der Waals surface area contributed by atoms with E-state index in [1.54, 1.807) is 0 Å². The minimum Gasteiger partial charge on any atom is -0.481 e. The predicted octanol–water partition coefficient (Wildman–Crippen LogP) is 6.98. The van der Waals surface area contributed by atoms with Gasteiger partial charge in [0, 0.05) is 12.1 Å². The molecule has 0 aliphatic heterocycles. The van der Waals surface area contributed by atoms with E-state index in [4.69, 9.17) is 5.11 Å². The molecule has 0 aromatic rings. The van der Waals surface area contributed by atoms with Crippen LogP contribution < -0.4 is 5.32 Å². The molecule has 0 aromatic heterocycles. The maximum absolute atomic E-state index is 10.3. The lowest BCUT2D eigenvalue weighted by Gasteiger charge is -2.30. The van der Waals surface area contributed by atoms with Crippen molar-refractivity contribution in [1.82, 2.24) is 5.32 Å². The van der Waals surface area contributed by atoms with E-state index in [0.717, 1.165) is 24.9 Å². The van der Waals surface area contributed by atoms with E-state index in [9.17, 15) is 9.90 Å². The third-order valence-electron chi connectivity index (χ3n) is 6.73. The van der Waals surface area contributed by atoms with Gasteiger partial charge in [-0.25, -0.2) is 0 Å². The molecule has 0 aromatic carbocycles. The van der Waals surface area contributed by atoms with Crippen LogP contribution in [0.1, 0.15) is 142 Å². The standard InChI is InChI=1S/C14H28O3.C12H23N/c1-2-3-4-5-6-7-8-9-10-11-13(15)12-14(16)17;1-3-7-11(8-4-1)13-12-9-5-2-6-10-12/h13,15H,2-12H2,1H3,(H,16,17);11-13H,1-10H2. The summed E-state index contributed by atoms with van der Waals surface area (Å²) in [4.78, 5) is 10.3. The molecular formula is C26H51NO3. The number of hydrogen-bond donors (Lipinski definition) is 3. The Kier molecular flexibility index (Phi) is 17.5. The molecule has 4 heteroatoms. The molecule has 2 saturated carbocycles. The number of carboxylic acid groups (broad SMARTS) is 1. The summed E-state index contributed by atoms with van der Waals surface area (Å²) in [6.45, 7) is 2.22. The highest BCUT2D eigenvalue weighted by Gasteiger charge is 2.19. The fraction of sp³-hybridized carbons (Fsp3) is 0.962. The van der Waals surface area contributed by atoms with Gasteiger partial charge in [0.25, 0.3) is 0 Å². The minimum absolute atomic E-state index is 0.114. The maximum atomic E-state index is 10.3. The van der Waals surface area contributed by atoms with E-state index in [1.165, 1.54) is 109 Å². The molecule has 2 aliphatic rings. The normalized spacial score (nSPS) is 19.1. The average Bonchev–Trinajstić information content (AvgIpc) is 2.74. The highest BCUT2D eigenvalue weighted by molar-refractivity contribution is 5.67. The van der Waals surface area contributed by atoms with E-state index in [2.05, 4.69) is 12.2 Å². The molecule has 0 amide bonds. The lowest BCUT2D eigenvalue weighted by atomic mass is 9.91. The highest BCUT2D eigenvalue weighted by Crippen LogP contribution is 2.22.